The third-order valence-corrected chi connectivity index (χ3v) is 3.82. The number of rotatable bonds is 7. The summed E-state index contributed by atoms with van der Waals surface area (Å²) in [6.45, 7) is 9.97. The average Bonchev–Trinajstić information content (AvgIpc) is 2.78. The van der Waals surface area contributed by atoms with E-state index in [0.29, 0.717) is 0 Å². The molecule has 104 valence electrons. The Morgan fingerprint density at radius 3 is 2.74 bits per heavy atom. The Balaban J connectivity index is 2.26. The lowest BCUT2D eigenvalue weighted by Crippen LogP contribution is -2.13. The Labute approximate surface area is 116 Å². The highest BCUT2D eigenvalue weighted by Gasteiger charge is 2.09. The van der Waals surface area contributed by atoms with Gasteiger partial charge in [0.05, 0.1) is 0 Å². The average molecular weight is 258 g/mol. The molecule has 2 rings (SSSR count). The molecule has 0 aliphatic carbocycles. The molecule has 19 heavy (non-hydrogen) atoms. The largest absolute Gasteiger partial charge is 0.347 e. The predicted molar refractivity (Wildman–Crippen MR) is 83.4 cm³/mol. The van der Waals surface area contributed by atoms with Gasteiger partial charge in [0, 0.05) is 30.2 Å². The van der Waals surface area contributed by atoms with Crippen molar-refractivity contribution < 1.29 is 0 Å². The molecule has 1 aromatic heterocycles. The summed E-state index contributed by atoms with van der Waals surface area (Å²) in [5.74, 6) is 0.729. The zero-order valence-electron chi connectivity index (χ0n) is 12.4. The smallest absolute Gasteiger partial charge is 0.0483 e. The molecule has 0 radical (unpaired) electrons. The summed E-state index contributed by atoms with van der Waals surface area (Å²) >= 11 is 0. The van der Waals surface area contributed by atoms with E-state index in [-0.39, 0.29) is 0 Å². The number of nitrogens with one attached hydrogen (secondary N) is 1. The van der Waals surface area contributed by atoms with Crippen LogP contribution >= 0.6 is 0 Å². The fraction of sp³-hybridized carbons (Fsp3) is 0.529. The third-order valence-electron chi connectivity index (χ3n) is 3.82. The van der Waals surface area contributed by atoms with E-state index in [1.54, 1.807) is 0 Å². The number of benzene rings is 1. The second-order valence-electron chi connectivity index (χ2n) is 5.51. The van der Waals surface area contributed by atoms with Crippen LogP contribution in [-0.2, 0) is 13.1 Å². The van der Waals surface area contributed by atoms with Crippen molar-refractivity contribution in [2.45, 2.75) is 46.7 Å². The minimum atomic E-state index is 0.729. The Hall–Kier alpha value is -1.28. The molecule has 0 fully saturated rings. The molecule has 2 aromatic rings. The van der Waals surface area contributed by atoms with E-state index in [1.165, 1.54) is 29.3 Å². The summed E-state index contributed by atoms with van der Waals surface area (Å²) in [5, 5.41) is 4.91. The first-order valence-corrected chi connectivity index (χ1v) is 7.53. The van der Waals surface area contributed by atoms with E-state index in [1.807, 2.05) is 0 Å². The van der Waals surface area contributed by atoms with Crippen molar-refractivity contribution in [3.63, 3.8) is 0 Å². The van der Waals surface area contributed by atoms with Crippen LogP contribution in [0, 0.1) is 5.92 Å². The van der Waals surface area contributed by atoms with Crippen LogP contribution < -0.4 is 5.32 Å². The molecule has 0 saturated heterocycles. The van der Waals surface area contributed by atoms with E-state index in [4.69, 9.17) is 0 Å². The second-order valence-corrected chi connectivity index (χ2v) is 5.51. The standard InChI is InChI=1S/C17H26N2/c1-4-10-18-11-15-13-19(12-14(3)5-2)17-9-7-6-8-16(15)17/h6-9,13-14,18H,4-5,10-12H2,1-3H3. The molecule has 2 heteroatoms. The van der Waals surface area contributed by atoms with Gasteiger partial charge in [0.25, 0.3) is 0 Å². The van der Waals surface area contributed by atoms with Gasteiger partial charge in [-0.3, -0.25) is 0 Å². The zero-order valence-corrected chi connectivity index (χ0v) is 12.4. The monoisotopic (exact) mass is 258 g/mol. The van der Waals surface area contributed by atoms with Crippen LogP contribution in [0.5, 0.6) is 0 Å². The number of para-hydroxylation sites is 1. The van der Waals surface area contributed by atoms with Crippen molar-refractivity contribution in [3.8, 4) is 0 Å². The van der Waals surface area contributed by atoms with Gasteiger partial charge in [0.15, 0.2) is 0 Å². The number of fused-ring (bicyclic) bond motifs is 1. The summed E-state index contributed by atoms with van der Waals surface area (Å²) < 4.78 is 2.42. The summed E-state index contributed by atoms with van der Waals surface area (Å²) in [7, 11) is 0. The quantitative estimate of drug-likeness (QED) is 0.737. The fourth-order valence-electron chi connectivity index (χ4n) is 2.48. The normalized spacial score (nSPS) is 13.0. The number of hydrogen-bond donors (Lipinski definition) is 1. The summed E-state index contributed by atoms with van der Waals surface area (Å²) in [4.78, 5) is 0. The van der Waals surface area contributed by atoms with Gasteiger partial charge < -0.3 is 9.88 Å². The molecule has 1 N–H and O–H groups in total. The lowest BCUT2D eigenvalue weighted by molar-refractivity contribution is 0.477. The zero-order chi connectivity index (χ0) is 13.7. The first kappa shape index (κ1) is 14.1. The van der Waals surface area contributed by atoms with Gasteiger partial charge in [0.2, 0.25) is 0 Å². The molecular formula is C17H26N2. The molecule has 2 nitrogen and oxygen atoms in total. The van der Waals surface area contributed by atoms with Crippen LogP contribution in [-0.4, -0.2) is 11.1 Å². The molecule has 0 spiro atoms. The fourth-order valence-corrected chi connectivity index (χ4v) is 2.48. The van der Waals surface area contributed by atoms with Gasteiger partial charge in [-0.1, -0.05) is 45.4 Å². The van der Waals surface area contributed by atoms with E-state index in [0.717, 1.165) is 25.6 Å². The highest BCUT2D eigenvalue weighted by molar-refractivity contribution is 5.83. The van der Waals surface area contributed by atoms with Crippen LogP contribution in [0.4, 0.5) is 0 Å². The molecular weight excluding hydrogens is 232 g/mol. The molecule has 1 unspecified atom stereocenters. The molecule has 0 amide bonds. The molecule has 0 bridgehead atoms. The number of aromatic nitrogens is 1. The Morgan fingerprint density at radius 1 is 1.21 bits per heavy atom. The molecule has 0 aliphatic rings. The Kier molecular flexibility index (Phi) is 5.03. The van der Waals surface area contributed by atoms with E-state index in [2.05, 4.69) is 61.1 Å². The lowest BCUT2D eigenvalue weighted by atomic mass is 10.1. The van der Waals surface area contributed by atoms with Crippen molar-refractivity contribution >= 4 is 10.9 Å². The van der Waals surface area contributed by atoms with E-state index >= 15 is 0 Å². The van der Waals surface area contributed by atoms with Crippen molar-refractivity contribution in [1.29, 1.82) is 0 Å². The Morgan fingerprint density at radius 2 is 2.00 bits per heavy atom. The van der Waals surface area contributed by atoms with Gasteiger partial charge in [-0.05, 0) is 30.5 Å². The first-order chi connectivity index (χ1) is 9.26. The lowest BCUT2D eigenvalue weighted by Gasteiger charge is -2.10. The molecule has 0 aliphatic heterocycles. The van der Waals surface area contributed by atoms with Crippen LogP contribution in [0.15, 0.2) is 30.5 Å². The van der Waals surface area contributed by atoms with Gasteiger partial charge in [-0.2, -0.15) is 0 Å². The SMILES string of the molecule is CCCNCc1cn(CC(C)CC)c2ccccc12. The van der Waals surface area contributed by atoms with Gasteiger partial charge >= 0.3 is 0 Å². The maximum atomic E-state index is 3.51. The van der Waals surface area contributed by atoms with Crippen molar-refractivity contribution in [3.05, 3.63) is 36.0 Å². The maximum Gasteiger partial charge on any atom is 0.0483 e. The molecule has 1 aromatic carbocycles. The summed E-state index contributed by atoms with van der Waals surface area (Å²) in [6.07, 6.45) is 4.75. The van der Waals surface area contributed by atoms with Crippen molar-refractivity contribution in [2.24, 2.45) is 5.92 Å². The summed E-state index contributed by atoms with van der Waals surface area (Å²) in [6, 6.07) is 8.75. The van der Waals surface area contributed by atoms with E-state index < -0.39 is 0 Å². The topological polar surface area (TPSA) is 17.0 Å². The Bertz CT molecular complexity index is 513. The maximum absolute atomic E-state index is 3.51. The predicted octanol–water partition coefficient (Wildman–Crippen LogP) is 4.19. The van der Waals surface area contributed by atoms with Crippen LogP contribution in [0.2, 0.25) is 0 Å². The van der Waals surface area contributed by atoms with Gasteiger partial charge in [-0.25, -0.2) is 0 Å². The minimum absolute atomic E-state index is 0.729. The van der Waals surface area contributed by atoms with Crippen molar-refractivity contribution in [1.82, 2.24) is 9.88 Å². The second kappa shape index (κ2) is 6.76. The van der Waals surface area contributed by atoms with Crippen LogP contribution in [0.25, 0.3) is 10.9 Å². The highest BCUT2D eigenvalue weighted by atomic mass is 15.0. The van der Waals surface area contributed by atoms with Gasteiger partial charge in [0.1, 0.15) is 0 Å². The third kappa shape index (κ3) is 3.38. The number of nitrogens with zero attached hydrogens (tertiary/aromatic N) is 1. The number of hydrogen-bond acceptors (Lipinski definition) is 1. The van der Waals surface area contributed by atoms with Crippen LogP contribution in [0.1, 0.15) is 39.2 Å². The first-order valence-electron chi connectivity index (χ1n) is 7.53. The van der Waals surface area contributed by atoms with Crippen LogP contribution in [0.3, 0.4) is 0 Å². The highest BCUT2D eigenvalue weighted by Crippen LogP contribution is 2.22. The summed E-state index contributed by atoms with van der Waals surface area (Å²) in [5.41, 5.74) is 2.79. The van der Waals surface area contributed by atoms with E-state index in [9.17, 15) is 0 Å². The molecule has 1 heterocycles. The molecule has 1 atom stereocenters. The minimum Gasteiger partial charge on any atom is -0.347 e. The van der Waals surface area contributed by atoms with Gasteiger partial charge in [-0.15, -0.1) is 0 Å². The van der Waals surface area contributed by atoms with Crippen molar-refractivity contribution in [2.75, 3.05) is 6.54 Å². The molecule has 0 saturated carbocycles.